The summed E-state index contributed by atoms with van der Waals surface area (Å²) in [6.07, 6.45) is 1.65. The van der Waals surface area contributed by atoms with Gasteiger partial charge in [0.05, 0.1) is 0 Å². The average molecular weight is 232 g/mol. The first kappa shape index (κ1) is 7.13. The van der Waals surface area contributed by atoms with Crippen molar-refractivity contribution in [3.63, 3.8) is 0 Å². The second kappa shape index (κ2) is 2.50. The molecule has 0 N–H and O–H groups in total. The molecule has 2 aromatic heterocycles. The maximum absolute atomic E-state index is 5.74. The average Bonchev–Trinajstić information content (AvgIpc) is 2.31. The molecule has 2 rings (SSSR count). The first-order chi connectivity index (χ1) is 5.27. The van der Waals surface area contributed by atoms with Crippen molar-refractivity contribution in [2.45, 2.75) is 0 Å². The van der Waals surface area contributed by atoms with Crippen LogP contribution in [0, 0.1) is 0 Å². The number of hydrogen-bond acceptors (Lipinski definition) is 2. The summed E-state index contributed by atoms with van der Waals surface area (Å²) in [6.45, 7) is 0. The first-order valence-electron chi connectivity index (χ1n) is 2.97. The summed E-state index contributed by atoms with van der Waals surface area (Å²) in [5.74, 6) is 0. The number of fused-ring (bicyclic) bond motifs is 1. The summed E-state index contributed by atoms with van der Waals surface area (Å²) < 4.78 is 5.89. The van der Waals surface area contributed by atoms with E-state index in [9.17, 15) is 0 Å². The zero-order valence-corrected chi connectivity index (χ0v) is 7.69. The third-order valence-corrected chi connectivity index (χ3v) is 2.02. The number of halogens is 2. The van der Waals surface area contributed by atoms with Crippen LogP contribution in [0.5, 0.6) is 0 Å². The molecule has 2 aromatic rings. The molecule has 2 nitrogen and oxygen atoms in total. The van der Waals surface area contributed by atoms with Gasteiger partial charge in [0, 0.05) is 11.6 Å². The molecule has 0 aromatic carbocycles. The van der Waals surface area contributed by atoms with E-state index in [1.807, 2.05) is 12.1 Å². The molecule has 0 radical (unpaired) electrons. The molecule has 0 spiro atoms. The molecular weight excluding hydrogens is 229 g/mol. The van der Waals surface area contributed by atoms with Gasteiger partial charge in [0.1, 0.15) is 0 Å². The quantitative estimate of drug-likeness (QED) is 0.652. The summed E-state index contributed by atoms with van der Waals surface area (Å²) >= 11 is 8.95. The maximum atomic E-state index is 5.74. The predicted octanol–water partition coefficient (Wildman–Crippen LogP) is 3.24. The van der Waals surface area contributed by atoms with Gasteiger partial charge in [-0.05, 0) is 28.1 Å². The number of furan rings is 1. The van der Waals surface area contributed by atoms with Crippen LogP contribution in [0.15, 0.2) is 27.4 Å². The smallest absolute Gasteiger partial charge is 0.172 e. The lowest BCUT2D eigenvalue weighted by Gasteiger charge is -1.87. The SMILES string of the molecule is Clc1nccc2cc(Br)oc12. The number of aromatic nitrogens is 1. The zero-order valence-electron chi connectivity index (χ0n) is 5.34. The van der Waals surface area contributed by atoms with E-state index >= 15 is 0 Å². The molecule has 11 heavy (non-hydrogen) atoms. The first-order valence-corrected chi connectivity index (χ1v) is 4.14. The van der Waals surface area contributed by atoms with Gasteiger partial charge >= 0.3 is 0 Å². The van der Waals surface area contributed by atoms with Crippen molar-refractivity contribution in [2.24, 2.45) is 0 Å². The van der Waals surface area contributed by atoms with Gasteiger partial charge in [0.15, 0.2) is 15.4 Å². The Kier molecular flexibility index (Phi) is 1.62. The van der Waals surface area contributed by atoms with E-state index in [4.69, 9.17) is 16.0 Å². The Bertz CT molecular complexity index is 398. The van der Waals surface area contributed by atoms with E-state index in [1.165, 1.54) is 0 Å². The van der Waals surface area contributed by atoms with E-state index < -0.39 is 0 Å². The Morgan fingerprint density at radius 1 is 1.55 bits per heavy atom. The van der Waals surface area contributed by atoms with E-state index in [-0.39, 0.29) is 0 Å². The van der Waals surface area contributed by atoms with Crippen molar-refractivity contribution in [2.75, 3.05) is 0 Å². The lowest BCUT2D eigenvalue weighted by molar-refractivity contribution is 0.586. The number of pyridine rings is 1. The highest BCUT2D eigenvalue weighted by Gasteiger charge is 2.04. The maximum Gasteiger partial charge on any atom is 0.172 e. The van der Waals surface area contributed by atoms with Crippen LogP contribution < -0.4 is 0 Å². The molecule has 56 valence electrons. The fraction of sp³-hybridized carbons (Fsp3) is 0. The molecule has 0 unspecified atom stereocenters. The lowest BCUT2D eigenvalue weighted by Crippen LogP contribution is -1.71. The summed E-state index contributed by atoms with van der Waals surface area (Å²) in [6, 6.07) is 3.69. The van der Waals surface area contributed by atoms with E-state index in [2.05, 4.69) is 20.9 Å². The molecule has 0 atom stereocenters. The highest BCUT2D eigenvalue weighted by molar-refractivity contribution is 9.10. The lowest BCUT2D eigenvalue weighted by atomic mass is 10.3. The second-order valence-electron chi connectivity index (χ2n) is 2.07. The second-order valence-corrected chi connectivity index (χ2v) is 3.21. The van der Waals surface area contributed by atoms with E-state index in [0.717, 1.165) is 5.39 Å². The molecule has 4 heteroatoms. The molecule has 2 heterocycles. The zero-order chi connectivity index (χ0) is 7.84. The summed E-state index contributed by atoms with van der Waals surface area (Å²) in [5.41, 5.74) is 0.626. The fourth-order valence-corrected chi connectivity index (χ4v) is 1.51. The Morgan fingerprint density at radius 3 is 3.09 bits per heavy atom. The molecular formula is C7H3BrClNO. The molecule has 0 saturated carbocycles. The topological polar surface area (TPSA) is 26.0 Å². The summed E-state index contributed by atoms with van der Waals surface area (Å²) in [5, 5.41) is 1.35. The largest absolute Gasteiger partial charge is 0.446 e. The Labute approximate surface area is 76.3 Å². The molecule has 0 fully saturated rings. The molecule has 0 amide bonds. The van der Waals surface area contributed by atoms with Gasteiger partial charge in [0.2, 0.25) is 0 Å². The number of nitrogens with zero attached hydrogens (tertiary/aromatic N) is 1. The van der Waals surface area contributed by atoms with Crippen molar-refractivity contribution >= 4 is 38.5 Å². The monoisotopic (exact) mass is 231 g/mol. The summed E-state index contributed by atoms with van der Waals surface area (Å²) in [7, 11) is 0. The van der Waals surface area contributed by atoms with Crippen molar-refractivity contribution < 1.29 is 4.42 Å². The van der Waals surface area contributed by atoms with Gasteiger partial charge in [-0.2, -0.15) is 0 Å². The van der Waals surface area contributed by atoms with Crippen molar-refractivity contribution in [3.05, 3.63) is 28.2 Å². The van der Waals surface area contributed by atoms with Crippen LogP contribution in [0.1, 0.15) is 0 Å². The molecule has 0 aliphatic rings. The van der Waals surface area contributed by atoms with E-state index in [1.54, 1.807) is 6.20 Å². The number of rotatable bonds is 0. The molecule has 0 aliphatic carbocycles. The Hall–Kier alpha value is -0.540. The van der Waals surface area contributed by atoms with Crippen LogP contribution in [0.4, 0.5) is 0 Å². The van der Waals surface area contributed by atoms with Crippen LogP contribution in [0.25, 0.3) is 11.0 Å². The van der Waals surface area contributed by atoms with Crippen molar-refractivity contribution in [3.8, 4) is 0 Å². The van der Waals surface area contributed by atoms with Gasteiger partial charge in [-0.15, -0.1) is 0 Å². The highest BCUT2D eigenvalue weighted by atomic mass is 79.9. The van der Waals surface area contributed by atoms with Crippen molar-refractivity contribution in [1.29, 1.82) is 0 Å². The normalized spacial score (nSPS) is 10.7. The van der Waals surface area contributed by atoms with Gasteiger partial charge < -0.3 is 4.42 Å². The van der Waals surface area contributed by atoms with Crippen molar-refractivity contribution in [1.82, 2.24) is 4.98 Å². The predicted molar refractivity (Wildman–Crippen MR) is 46.7 cm³/mol. The third kappa shape index (κ3) is 1.14. The standard InChI is InChI=1S/C7H3BrClNO/c8-5-3-4-1-2-10-7(9)6(4)11-5/h1-3H. The minimum Gasteiger partial charge on any atom is -0.446 e. The van der Waals surface area contributed by atoms with Gasteiger partial charge in [-0.25, -0.2) is 4.98 Å². The van der Waals surface area contributed by atoms with Gasteiger partial charge in [0.25, 0.3) is 0 Å². The Balaban J connectivity index is 2.90. The van der Waals surface area contributed by atoms with Crippen LogP contribution in [-0.4, -0.2) is 4.98 Å². The minimum atomic E-state index is 0.396. The fourth-order valence-electron chi connectivity index (χ4n) is 0.900. The number of hydrogen-bond donors (Lipinski definition) is 0. The van der Waals surface area contributed by atoms with Crippen LogP contribution in [-0.2, 0) is 0 Å². The third-order valence-electron chi connectivity index (χ3n) is 1.36. The van der Waals surface area contributed by atoms with Crippen LogP contribution in [0.3, 0.4) is 0 Å². The van der Waals surface area contributed by atoms with Gasteiger partial charge in [-0.3, -0.25) is 0 Å². The molecule has 0 bridgehead atoms. The highest BCUT2D eigenvalue weighted by Crippen LogP contribution is 2.27. The summed E-state index contributed by atoms with van der Waals surface area (Å²) in [4.78, 5) is 3.87. The minimum absolute atomic E-state index is 0.396. The molecule has 0 aliphatic heterocycles. The Morgan fingerprint density at radius 2 is 2.36 bits per heavy atom. The molecule has 0 saturated heterocycles. The van der Waals surface area contributed by atoms with Crippen LogP contribution in [0.2, 0.25) is 5.15 Å². The van der Waals surface area contributed by atoms with E-state index in [0.29, 0.717) is 15.4 Å². The van der Waals surface area contributed by atoms with Gasteiger partial charge in [-0.1, -0.05) is 11.6 Å². The van der Waals surface area contributed by atoms with Crippen LogP contribution >= 0.6 is 27.5 Å².